The van der Waals surface area contributed by atoms with Crippen LogP contribution in [0.15, 0.2) is 5.11 Å². The molecule has 1 amide bonds. The van der Waals surface area contributed by atoms with Gasteiger partial charge in [-0.15, -0.1) is 0 Å². The molecule has 72 valence electrons. The van der Waals surface area contributed by atoms with Crippen LogP contribution in [0.1, 0.15) is 6.42 Å². The monoisotopic (exact) mass is 186 g/mol. The Morgan fingerprint density at radius 1 is 1.77 bits per heavy atom. The highest BCUT2D eigenvalue weighted by molar-refractivity contribution is 5.64. The molecule has 0 aromatic rings. The maximum absolute atomic E-state index is 10.4. The second kappa shape index (κ2) is 4.54. The van der Waals surface area contributed by atoms with Crippen LogP contribution in [0, 0.1) is 0 Å². The summed E-state index contributed by atoms with van der Waals surface area (Å²) in [4.78, 5) is 13.1. The number of azide groups is 1. The lowest BCUT2D eigenvalue weighted by Gasteiger charge is -2.26. The number of nitrogens with zero attached hydrogens (tertiary/aromatic N) is 3. The van der Waals surface area contributed by atoms with Crippen molar-refractivity contribution in [1.82, 2.24) is 0 Å². The molecule has 0 aromatic heterocycles. The van der Waals surface area contributed by atoms with Gasteiger partial charge in [-0.2, -0.15) is 0 Å². The molecule has 0 saturated carbocycles. The molecule has 13 heavy (non-hydrogen) atoms. The molecule has 1 saturated heterocycles. The van der Waals surface area contributed by atoms with Gasteiger partial charge in [0.1, 0.15) is 6.10 Å². The molecule has 2 atom stereocenters. The summed E-state index contributed by atoms with van der Waals surface area (Å²) in [5.74, 6) is 0. The maximum atomic E-state index is 10.4. The van der Waals surface area contributed by atoms with E-state index in [-0.39, 0.29) is 12.6 Å². The van der Waals surface area contributed by atoms with E-state index in [4.69, 9.17) is 20.7 Å². The lowest BCUT2D eigenvalue weighted by molar-refractivity contribution is -0.0253. The molecule has 7 nitrogen and oxygen atoms in total. The van der Waals surface area contributed by atoms with Crippen molar-refractivity contribution in [1.29, 1.82) is 0 Å². The average molecular weight is 186 g/mol. The van der Waals surface area contributed by atoms with Crippen LogP contribution in [0.25, 0.3) is 10.4 Å². The molecule has 0 spiro atoms. The van der Waals surface area contributed by atoms with Crippen LogP contribution in [-0.4, -0.2) is 31.5 Å². The predicted molar refractivity (Wildman–Crippen MR) is 42.8 cm³/mol. The Morgan fingerprint density at radius 2 is 2.54 bits per heavy atom. The standard InChI is InChI=1S/C6H10N4O3/c7-6(11)13-5-3-12-2-1-4(5)9-10-8/h4-5H,1-3H2,(H2,7,11)/t4-,5+/m0/s1. The minimum absolute atomic E-state index is 0.229. The third-order valence-corrected chi connectivity index (χ3v) is 1.74. The van der Waals surface area contributed by atoms with Gasteiger partial charge in [0.15, 0.2) is 0 Å². The van der Waals surface area contributed by atoms with E-state index in [1.54, 1.807) is 0 Å². The first kappa shape index (κ1) is 9.63. The second-order valence-electron chi connectivity index (χ2n) is 2.61. The SMILES string of the molecule is [N-]=[N+]=N[C@H]1CCOC[C@H]1OC(N)=O. The third kappa shape index (κ3) is 2.81. The quantitative estimate of drug-likeness (QED) is 0.386. The smallest absolute Gasteiger partial charge is 0.404 e. The molecule has 0 aromatic carbocycles. The van der Waals surface area contributed by atoms with Crippen molar-refractivity contribution in [2.75, 3.05) is 13.2 Å². The summed E-state index contributed by atoms with van der Waals surface area (Å²) in [5.41, 5.74) is 13.0. The van der Waals surface area contributed by atoms with Gasteiger partial charge in [-0.25, -0.2) is 4.79 Å². The van der Waals surface area contributed by atoms with Gasteiger partial charge in [-0.1, -0.05) is 5.11 Å². The van der Waals surface area contributed by atoms with Gasteiger partial charge >= 0.3 is 6.09 Å². The molecule has 1 heterocycles. The van der Waals surface area contributed by atoms with Gasteiger partial charge in [0, 0.05) is 11.5 Å². The van der Waals surface area contributed by atoms with Crippen LogP contribution in [0.3, 0.4) is 0 Å². The van der Waals surface area contributed by atoms with E-state index in [9.17, 15) is 4.79 Å². The summed E-state index contributed by atoms with van der Waals surface area (Å²) in [6.45, 7) is 0.731. The van der Waals surface area contributed by atoms with Gasteiger partial charge in [0.25, 0.3) is 0 Å². The van der Waals surface area contributed by atoms with Crippen LogP contribution < -0.4 is 5.73 Å². The highest BCUT2D eigenvalue weighted by Crippen LogP contribution is 2.14. The molecule has 0 radical (unpaired) electrons. The zero-order chi connectivity index (χ0) is 9.68. The molecule has 2 N–H and O–H groups in total. The van der Waals surface area contributed by atoms with E-state index < -0.39 is 12.2 Å². The molecular formula is C6H10N4O3. The van der Waals surface area contributed by atoms with E-state index in [0.29, 0.717) is 13.0 Å². The summed E-state index contributed by atoms with van der Waals surface area (Å²) in [5, 5.41) is 3.49. The van der Waals surface area contributed by atoms with Gasteiger partial charge in [0.2, 0.25) is 0 Å². The summed E-state index contributed by atoms with van der Waals surface area (Å²) >= 11 is 0. The van der Waals surface area contributed by atoms with E-state index in [1.165, 1.54) is 0 Å². The van der Waals surface area contributed by atoms with E-state index in [2.05, 4.69) is 10.0 Å². The van der Waals surface area contributed by atoms with Crippen molar-refractivity contribution >= 4 is 6.09 Å². The maximum Gasteiger partial charge on any atom is 0.404 e. The van der Waals surface area contributed by atoms with Gasteiger partial charge in [-0.05, 0) is 12.0 Å². The zero-order valence-corrected chi connectivity index (χ0v) is 6.92. The summed E-state index contributed by atoms with van der Waals surface area (Å²) < 4.78 is 9.75. The number of primary amides is 1. The largest absolute Gasteiger partial charge is 0.443 e. The normalized spacial score (nSPS) is 27.4. The highest BCUT2D eigenvalue weighted by Gasteiger charge is 2.27. The van der Waals surface area contributed by atoms with E-state index >= 15 is 0 Å². The van der Waals surface area contributed by atoms with Gasteiger partial charge in [0.05, 0.1) is 12.6 Å². The number of rotatable bonds is 2. The first-order valence-corrected chi connectivity index (χ1v) is 3.82. The minimum atomic E-state index is -0.881. The Hall–Kier alpha value is -1.46. The Balaban J connectivity index is 2.55. The Morgan fingerprint density at radius 3 is 3.15 bits per heavy atom. The van der Waals surface area contributed by atoms with Gasteiger partial charge < -0.3 is 15.2 Å². The summed E-state index contributed by atoms with van der Waals surface area (Å²) in [7, 11) is 0. The molecule has 1 fully saturated rings. The number of carbonyl (C=O) groups excluding carboxylic acids is 1. The van der Waals surface area contributed by atoms with Crippen LogP contribution in [0.4, 0.5) is 4.79 Å². The number of hydrogen-bond acceptors (Lipinski definition) is 4. The van der Waals surface area contributed by atoms with Crippen molar-refractivity contribution in [2.45, 2.75) is 18.6 Å². The molecule has 1 aliphatic rings. The fourth-order valence-electron chi connectivity index (χ4n) is 1.16. The van der Waals surface area contributed by atoms with Crippen LogP contribution in [0.5, 0.6) is 0 Å². The number of ether oxygens (including phenoxy) is 2. The van der Waals surface area contributed by atoms with Crippen LogP contribution in [-0.2, 0) is 9.47 Å². The first-order valence-electron chi connectivity index (χ1n) is 3.82. The molecule has 0 aliphatic carbocycles. The Bertz CT molecular complexity index is 238. The number of carbonyl (C=O) groups is 1. The zero-order valence-electron chi connectivity index (χ0n) is 6.92. The van der Waals surface area contributed by atoms with Crippen LogP contribution in [0.2, 0.25) is 0 Å². The lowest BCUT2D eigenvalue weighted by atomic mass is 10.1. The molecular weight excluding hydrogens is 176 g/mol. The van der Waals surface area contributed by atoms with Crippen molar-refractivity contribution in [2.24, 2.45) is 10.8 Å². The fraction of sp³-hybridized carbons (Fsp3) is 0.833. The second-order valence-corrected chi connectivity index (χ2v) is 2.61. The Kier molecular flexibility index (Phi) is 3.36. The first-order chi connectivity index (χ1) is 6.24. The fourth-order valence-corrected chi connectivity index (χ4v) is 1.16. The van der Waals surface area contributed by atoms with Crippen molar-refractivity contribution in [3.05, 3.63) is 10.4 Å². The molecule has 0 unspecified atom stereocenters. The topological polar surface area (TPSA) is 110 Å². The van der Waals surface area contributed by atoms with E-state index in [0.717, 1.165) is 0 Å². The van der Waals surface area contributed by atoms with E-state index in [1.807, 2.05) is 0 Å². The summed E-state index contributed by atoms with van der Waals surface area (Å²) in [6, 6.07) is -0.369. The van der Waals surface area contributed by atoms with Crippen molar-refractivity contribution in [3.8, 4) is 0 Å². The van der Waals surface area contributed by atoms with Crippen LogP contribution >= 0.6 is 0 Å². The summed E-state index contributed by atoms with van der Waals surface area (Å²) in [6.07, 6.45) is -0.891. The number of hydrogen-bond donors (Lipinski definition) is 1. The predicted octanol–water partition coefficient (Wildman–Crippen LogP) is 0.550. The minimum Gasteiger partial charge on any atom is -0.443 e. The van der Waals surface area contributed by atoms with Crippen molar-refractivity contribution in [3.63, 3.8) is 0 Å². The number of amides is 1. The molecule has 0 bridgehead atoms. The average Bonchev–Trinajstić information content (AvgIpc) is 2.08. The Labute approximate surface area is 74.4 Å². The molecule has 7 heteroatoms. The van der Waals surface area contributed by atoms with Crippen molar-refractivity contribution < 1.29 is 14.3 Å². The molecule has 1 rings (SSSR count). The van der Waals surface area contributed by atoms with Gasteiger partial charge in [-0.3, -0.25) is 0 Å². The molecule has 1 aliphatic heterocycles. The highest BCUT2D eigenvalue weighted by atomic mass is 16.6. The lowest BCUT2D eigenvalue weighted by Crippen LogP contribution is -2.40. The third-order valence-electron chi connectivity index (χ3n) is 1.74. The number of nitrogens with two attached hydrogens (primary N) is 1.